The number of nitriles is 1. The van der Waals surface area contributed by atoms with E-state index in [0.29, 0.717) is 0 Å². The lowest BCUT2D eigenvalue weighted by atomic mass is 9.96. The van der Waals surface area contributed by atoms with Crippen LogP contribution in [0.25, 0.3) is 0 Å². The summed E-state index contributed by atoms with van der Waals surface area (Å²) >= 11 is 0. The van der Waals surface area contributed by atoms with Gasteiger partial charge in [-0.25, -0.2) is 0 Å². The van der Waals surface area contributed by atoms with E-state index in [0.717, 1.165) is 24.1 Å². The maximum atomic E-state index is 8.93. The highest BCUT2D eigenvalue weighted by atomic mass is 15.1. The first-order valence-electron chi connectivity index (χ1n) is 8.20. The monoisotopic (exact) mass is 283 g/mol. The second-order valence-electron chi connectivity index (χ2n) is 6.66. The predicted octanol–water partition coefficient (Wildman–Crippen LogP) is 2.83. The summed E-state index contributed by atoms with van der Waals surface area (Å²) in [6.45, 7) is 6.77. The number of nitrogens with one attached hydrogen (secondary N) is 1. The molecule has 1 aromatic rings. The van der Waals surface area contributed by atoms with Crippen molar-refractivity contribution in [2.75, 3.05) is 19.6 Å². The van der Waals surface area contributed by atoms with E-state index in [-0.39, 0.29) is 0 Å². The lowest BCUT2D eigenvalue weighted by Crippen LogP contribution is -2.37. The highest BCUT2D eigenvalue weighted by Crippen LogP contribution is 2.23. The fourth-order valence-corrected chi connectivity index (χ4v) is 3.15. The molecular weight excluding hydrogens is 258 g/mol. The molecule has 1 heterocycles. The van der Waals surface area contributed by atoms with Gasteiger partial charge in [-0.15, -0.1) is 0 Å². The van der Waals surface area contributed by atoms with Crippen LogP contribution in [-0.2, 0) is 6.54 Å². The summed E-state index contributed by atoms with van der Waals surface area (Å²) < 4.78 is 0. The third-order valence-electron chi connectivity index (χ3n) is 4.85. The average Bonchev–Trinajstić information content (AvgIpc) is 3.33. The smallest absolute Gasteiger partial charge is 0.0991 e. The molecule has 1 aliphatic carbocycles. The summed E-state index contributed by atoms with van der Waals surface area (Å²) in [5.74, 6) is 0.865. The lowest BCUT2D eigenvalue weighted by molar-refractivity contribution is 0.175. The summed E-state index contributed by atoms with van der Waals surface area (Å²) in [6, 6.07) is 9.11. The van der Waals surface area contributed by atoms with E-state index in [1.807, 2.05) is 12.1 Å². The molecule has 1 aliphatic heterocycles. The Kier molecular flexibility index (Phi) is 4.57. The Morgan fingerprint density at radius 2 is 2.00 bits per heavy atom. The lowest BCUT2D eigenvalue weighted by Gasteiger charge is -2.32. The highest BCUT2D eigenvalue weighted by Gasteiger charge is 2.24. The quantitative estimate of drug-likeness (QED) is 0.903. The normalized spacial score (nSPS) is 20.4. The van der Waals surface area contributed by atoms with E-state index in [1.165, 1.54) is 56.4 Å². The van der Waals surface area contributed by atoms with Crippen LogP contribution in [0.15, 0.2) is 18.2 Å². The van der Waals surface area contributed by atoms with Gasteiger partial charge in [0.2, 0.25) is 0 Å². The van der Waals surface area contributed by atoms with Crippen molar-refractivity contribution in [1.82, 2.24) is 10.2 Å². The standard InChI is InChI=1S/C18H25N3/c1-14-10-16(11-19)2-3-17(14)13-21-8-6-15(7-9-21)12-20-18-4-5-18/h2-3,10,15,18,20H,4-9,12-13H2,1H3. The van der Waals surface area contributed by atoms with E-state index >= 15 is 0 Å². The molecule has 1 aromatic carbocycles. The van der Waals surface area contributed by atoms with Crippen molar-refractivity contribution in [3.05, 3.63) is 34.9 Å². The topological polar surface area (TPSA) is 39.1 Å². The summed E-state index contributed by atoms with van der Waals surface area (Å²) in [6.07, 6.45) is 5.40. The van der Waals surface area contributed by atoms with Crippen molar-refractivity contribution in [2.45, 2.75) is 45.2 Å². The van der Waals surface area contributed by atoms with Gasteiger partial charge in [-0.2, -0.15) is 5.26 Å². The average molecular weight is 283 g/mol. The third kappa shape index (κ3) is 4.06. The minimum atomic E-state index is 0.765. The van der Waals surface area contributed by atoms with Crippen LogP contribution in [-0.4, -0.2) is 30.6 Å². The van der Waals surface area contributed by atoms with E-state index in [9.17, 15) is 0 Å². The van der Waals surface area contributed by atoms with Gasteiger partial charge in [-0.3, -0.25) is 4.90 Å². The Labute approximate surface area is 128 Å². The second kappa shape index (κ2) is 6.60. The molecule has 1 saturated heterocycles. The Bertz CT molecular complexity index is 520. The molecule has 21 heavy (non-hydrogen) atoms. The number of nitrogens with zero attached hydrogens (tertiary/aromatic N) is 2. The number of piperidine rings is 1. The third-order valence-corrected chi connectivity index (χ3v) is 4.85. The van der Waals surface area contributed by atoms with Gasteiger partial charge in [0, 0.05) is 12.6 Å². The maximum absolute atomic E-state index is 8.93. The van der Waals surface area contributed by atoms with Crippen molar-refractivity contribution in [1.29, 1.82) is 5.26 Å². The van der Waals surface area contributed by atoms with Crippen LogP contribution < -0.4 is 5.32 Å². The first-order chi connectivity index (χ1) is 10.2. The van der Waals surface area contributed by atoms with Crippen molar-refractivity contribution in [3.63, 3.8) is 0 Å². The number of hydrogen-bond donors (Lipinski definition) is 1. The maximum Gasteiger partial charge on any atom is 0.0991 e. The van der Waals surface area contributed by atoms with Crippen LogP contribution in [0.5, 0.6) is 0 Å². The molecule has 3 rings (SSSR count). The molecule has 112 valence electrons. The molecule has 3 nitrogen and oxygen atoms in total. The molecule has 0 aromatic heterocycles. The van der Waals surface area contributed by atoms with Crippen molar-refractivity contribution in [2.24, 2.45) is 5.92 Å². The van der Waals surface area contributed by atoms with Crippen LogP contribution in [0.3, 0.4) is 0 Å². The number of rotatable bonds is 5. The molecule has 0 spiro atoms. The molecule has 1 saturated carbocycles. The Balaban J connectivity index is 1.47. The van der Waals surface area contributed by atoms with Gasteiger partial charge in [0.05, 0.1) is 11.6 Å². The highest BCUT2D eigenvalue weighted by molar-refractivity contribution is 5.37. The summed E-state index contributed by atoms with van der Waals surface area (Å²) in [7, 11) is 0. The largest absolute Gasteiger partial charge is 0.314 e. The van der Waals surface area contributed by atoms with E-state index in [1.54, 1.807) is 0 Å². The Hall–Kier alpha value is -1.37. The fourth-order valence-electron chi connectivity index (χ4n) is 3.15. The summed E-state index contributed by atoms with van der Waals surface area (Å²) in [5.41, 5.74) is 3.37. The van der Waals surface area contributed by atoms with Gasteiger partial charge in [0.25, 0.3) is 0 Å². The second-order valence-corrected chi connectivity index (χ2v) is 6.66. The van der Waals surface area contributed by atoms with Crippen molar-refractivity contribution >= 4 is 0 Å². The fraction of sp³-hybridized carbons (Fsp3) is 0.611. The molecule has 0 radical (unpaired) electrons. The Morgan fingerprint density at radius 3 is 2.62 bits per heavy atom. The first-order valence-corrected chi connectivity index (χ1v) is 8.20. The van der Waals surface area contributed by atoms with Gasteiger partial charge in [-0.05, 0) is 81.4 Å². The summed E-state index contributed by atoms with van der Waals surface area (Å²) in [5, 5.41) is 12.6. The number of likely N-dealkylation sites (tertiary alicyclic amines) is 1. The number of benzene rings is 1. The molecule has 2 fully saturated rings. The Morgan fingerprint density at radius 1 is 1.24 bits per heavy atom. The predicted molar refractivity (Wildman–Crippen MR) is 84.9 cm³/mol. The zero-order valence-electron chi connectivity index (χ0n) is 12.9. The molecule has 3 heteroatoms. The zero-order valence-corrected chi connectivity index (χ0v) is 12.9. The van der Waals surface area contributed by atoms with Crippen molar-refractivity contribution in [3.8, 4) is 6.07 Å². The minimum Gasteiger partial charge on any atom is -0.314 e. The van der Waals surface area contributed by atoms with E-state index < -0.39 is 0 Å². The van der Waals surface area contributed by atoms with Crippen LogP contribution in [0, 0.1) is 24.2 Å². The molecule has 0 bridgehead atoms. The number of hydrogen-bond acceptors (Lipinski definition) is 3. The van der Waals surface area contributed by atoms with E-state index in [2.05, 4.69) is 29.3 Å². The SMILES string of the molecule is Cc1cc(C#N)ccc1CN1CCC(CNC2CC2)CC1. The van der Waals surface area contributed by atoms with Crippen LogP contribution in [0.2, 0.25) is 0 Å². The minimum absolute atomic E-state index is 0.765. The molecule has 0 atom stereocenters. The molecule has 1 N–H and O–H groups in total. The zero-order chi connectivity index (χ0) is 14.7. The molecule has 2 aliphatic rings. The number of aryl methyl sites for hydroxylation is 1. The van der Waals surface area contributed by atoms with Gasteiger partial charge in [0.1, 0.15) is 0 Å². The molecule has 0 amide bonds. The van der Waals surface area contributed by atoms with Crippen LogP contribution in [0.1, 0.15) is 42.4 Å². The molecule has 0 unspecified atom stereocenters. The molecular formula is C18H25N3. The van der Waals surface area contributed by atoms with Crippen LogP contribution in [0.4, 0.5) is 0 Å². The van der Waals surface area contributed by atoms with Crippen molar-refractivity contribution < 1.29 is 0 Å². The van der Waals surface area contributed by atoms with Crippen LogP contribution >= 0.6 is 0 Å². The first kappa shape index (κ1) is 14.6. The summed E-state index contributed by atoms with van der Waals surface area (Å²) in [4.78, 5) is 2.56. The van der Waals surface area contributed by atoms with E-state index in [4.69, 9.17) is 5.26 Å². The van der Waals surface area contributed by atoms with Gasteiger partial charge < -0.3 is 5.32 Å². The van der Waals surface area contributed by atoms with Gasteiger partial charge >= 0.3 is 0 Å². The van der Waals surface area contributed by atoms with Gasteiger partial charge in [-0.1, -0.05) is 6.07 Å². The van der Waals surface area contributed by atoms with Gasteiger partial charge in [0.15, 0.2) is 0 Å².